The Bertz CT molecular complexity index is 670. The Kier molecular flexibility index (Phi) is 4.91. The first-order chi connectivity index (χ1) is 11.4. The molecule has 0 saturated carbocycles. The Morgan fingerprint density at radius 1 is 1.38 bits per heavy atom. The van der Waals surface area contributed by atoms with Crippen LogP contribution in [0.3, 0.4) is 0 Å². The van der Waals surface area contributed by atoms with Gasteiger partial charge in [-0.25, -0.2) is 0 Å². The zero-order valence-electron chi connectivity index (χ0n) is 13.4. The van der Waals surface area contributed by atoms with Gasteiger partial charge in [-0.1, -0.05) is 12.1 Å². The van der Waals surface area contributed by atoms with E-state index in [1.807, 2.05) is 6.20 Å². The molecule has 0 amide bonds. The number of hydrogen-bond acceptors (Lipinski definition) is 3. The molecule has 2 aromatic rings. The zero-order chi connectivity index (χ0) is 17.2. The van der Waals surface area contributed by atoms with E-state index in [4.69, 9.17) is 4.74 Å². The average Bonchev–Trinajstić information content (AvgIpc) is 3.16. The van der Waals surface area contributed by atoms with Crippen molar-refractivity contribution < 1.29 is 17.9 Å². The van der Waals surface area contributed by atoms with Crippen molar-refractivity contribution in [3.05, 3.63) is 52.8 Å². The van der Waals surface area contributed by atoms with Gasteiger partial charge in [-0.2, -0.15) is 18.3 Å². The first-order valence-corrected chi connectivity index (χ1v) is 7.93. The van der Waals surface area contributed by atoms with Gasteiger partial charge in [0, 0.05) is 37.4 Å². The predicted octanol–water partition coefficient (Wildman–Crippen LogP) is 3.60. The summed E-state index contributed by atoms with van der Waals surface area (Å²) in [5, 5.41) is 10.1. The number of aromatic nitrogens is 2. The van der Waals surface area contributed by atoms with Gasteiger partial charge in [-0.05, 0) is 30.5 Å². The molecule has 1 aromatic heterocycles. The molecule has 2 N–H and O–H groups in total. The molecule has 1 fully saturated rings. The van der Waals surface area contributed by atoms with Gasteiger partial charge >= 0.3 is 6.18 Å². The maximum atomic E-state index is 12.8. The van der Waals surface area contributed by atoms with Crippen LogP contribution in [0.15, 0.2) is 30.6 Å². The Balaban J connectivity index is 1.56. The molecule has 2 heterocycles. The molecule has 24 heavy (non-hydrogen) atoms. The molecule has 1 aliphatic heterocycles. The Hall–Kier alpha value is -1.86. The van der Waals surface area contributed by atoms with Crippen molar-refractivity contribution >= 4 is 0 Å². The van der Waals surface area contributed by atoms with Crippen LogP contribution in [0.2, 0.25) is 0 Å². The lowest BCUT2D eigenvalue weighted by Gasteiger charge is -2.18. The zero-order valence-corrected chi connectivity index (χ0v) is 13.4. The molecule has 130 valence electrons. The number of aryl methyl sites for hydroxylation is 1. The van der Waals surface area contributed by atoms with Gasteiger partial charge in [0.2, 0.25) is 0 Å². The van der Waals surface area contributed by atoms with E-state index >= 15 is 0 Å². The summed E-state index contributed by atoms with van der Waals surface area (Å²) >= 11 is 0. The summed E-state index contributed by atoms with van der Waals surface area (Å²) in [4.78, 5) is 0. The summed E-state index contributed by atoms with van der Waals surface area (Å²) in [5.41, 5.74) is 1.56. The number of hydrogen-bond donors (Lipinski definition) is 2. The van der Waals surface area contributed by atoms with Gasteiger partial charge in [-0.15, -0.1) is 0 Å². The second-order valence-corrected chi connectivity index (χ2v) is 6.15. The molecule has 0 bridgehead atoms. The highest BCUT2D eigenvalue weighted by Gasteiger charge is 2.32. The second kappa shape index (κ2) is 6.94. The largest absolute Gasteiger partial charge is 0.416 e. The minimum atomic E-state index is -4.30. The van der Waals surface area contributed by atoms with Crippen molar-refractivity contribution in [3.63, 3.8) is 0 Å². The Morgan fingerprint density at radius 3 is 2.88 bits per heavy atom. The molecule has 0 aliphatic carbocycles. The minimum absolute atomic E-state index is 0.0191. The fourth-order valence-electron chi connectivity index (χ4n) is 3.18. The lowest BCUT2D eigenvalue weighted by molar-refractivity contribution is -0.138. The van der Waals surface area contributed by atoms with Gasteiger partial charge in [0.05, 0.1) is 17.9 Å². The third kappa shape index (κ3) is 3.79. The fraction of sp³-hybridized carbons (Fsp3) is 0.471. The fourth-order valence-corrected chi connectivity index (χ4v) is 3.18. The average molecular weight is 339 g/mol. The third-order valence-corrected chi connectivity index (χ3v) is 4.39. The second-order valence-electron chi connectivity index (χ2n) is 6.15. The summed E-state index contributed by atoms with van der Waals surface area (Å²) in [6.07, 6.45) is 0.277. The first-order valence-electron chi connectivity index (χ1n) is 7.93. The van der Waals surface area contributed by atoms with Crippen molar-refractivity contribution in [1.82, 2.24) is 15.5 Å². The van der Waals surface area contributed by atoms with E-state index in [2.05, 4.69) is 15.5 Å². The molecular weight excluding hydrogens is 319 g/mol. The molecule has 0 unspecified atom stereocenters. The van der Waals surface area contributed by atoms with Crippen LogP contribution in [0.4, 0.5) is 13.2 Å². The molecule has 1 aromatic carbocycles. The number of ether oxygens (including phenoxy) is 1. The van der Waals surface area contributed by atoms with Crippen molar-refractivity contribution in [2.75, 3.05) is 13.2 Å². The third-order valence-electron chi connectivity index (χ3n) is 4.39. The Morgan fingerprint density at radius 2 is 2.21 bits per heavy atom. The lowest BCUT2D eigenvalue weighted by Crippen LogP contribution is -2.24. The molecule has 0 spiro atoms. The number of nitrogens with zero attached hydrogens (tertiary/aromatic N) is 1. The number of benzene rings is 1. The minimum Gasteiger partial charge on any atom is -0.373 e. The van der Waals surface area contributed by atoms with Gasteiger partial charge in [0.25, 0.3) is 0 Å². The standard InChI is InChI=1S/C17H20F3N3O/c1-11-6-12(2-3-15(11)17(18,19)20)7-21-8-13-4-5-24-16(13)14-9-22-23-10-14/h2-3,6,9-10,13,16,21H,4-5,7-8H2,1H3,(H,22,23)/t13-,16+/m1/s1. The van der Waals surface area contributed by atoms with Crippen LogP contribution in [0, 0.1) is 12.8 Å². The predicted molar refractivity (Wildman–Crippen MR) is 83.3 cm³/mol. The van der Waals surface area contributed by atoms with Crippen LogP contribution in [-0.2, 0) is 17.5 Å². The lowest BCUT2D eigenvalue weighted by atomic mass is 9.97. The van der Waals surface area contributed by atoms with E-state index in [0.29, 0.717) is 19.1 Å². The van der Waals surface area contributed by atoms with Gasteiger partial charge in [-0.3, -0.25) is 5.10 Å². The monoisotopic (exact) mass is 339 g/mol. The van der Waals surface area contributed by atoms with Crippen molar-refractivity contribution in [2.24, 2.45) is 5.92 Å². The van der Waals surface area contributed by atoms with E-state index in [9.17, 15) is 13.2 Å². The summed E-state index contributed by atoms with van der Waals surface area (Å²) < 4.78 is 44.1. The number of rotatable bonds is 5. The molecule has 1 aliphatic rings. The highest BCUT2D eigenvalue weighted by Crippen LogP contribution is 2.34. The molecule has 2 atom stereocenters. The number of aromatic amines is 1. The topological polar surface area (TPSA) is 49.9 Å². The molecule has 4 nitrogen and oxygen atoms in total. The van der Waals surface area contributed by atoms with Crippen LogP contribution in [0.25, 0.3) is 0 Å². The van der Waals surface area contributed by atoms with Crippen LogP contribution >= 0.6 is 0 Å². The Labute approximate surface area is 138 Å². The number of alkyl halides is 3. The van der Waals surface area contributed by atoms with E-state index in [-0.39, 0.29) is 11.7 Å². The van der Waals surface area contributed by atoms with E-state index < -0.39 is 11.7 Å². The van der Waals surface area contributed by atoms with Crippen LogP contribution in [0.1, 0.15) is 34.8 Å². The molecule has 1 saturated heterocycles. The van der Waals surface area contributed by atoms with E-state index in [1.54, 1.807) is 12.3 Å². The van der Waals surface area contributed by atoms with Crippen molar-refractivity contribution in [2.45, 2.75) is 32.2 Å². The van der Waals surface area contributed by atoms with E-state index in [1.165, 1.54) is 13.0 Å². The number of halogens is 3. The maximum absolute atomic E-state index is 12.8. The van der Waals surface area contributed by atoms with Crippen LogP contribution < -0.4 is 5.32 Å². The van der Waals surface area contributed by atoms with E-state index in [0.717, 1.165) is 30.2 Å². The number of nitrogens with one attached hydrogen (secondary N) is 2. The quantitative estimate of drug-likeness (QED) is 0.875. The summed E-state index contributed by atoms with van der Waals surface area (Å²) in [6, 6.07) is 4.27. The smallest absolute Gasteiger partial charge is 0.373 e. The highest BCUT2D eigenvalue weighted by molar-refractivity contribution is 5.33. The van der Waals surface area contributed by atoms with Crippen LogP contribution in [0.5, 0.6) is 0 Å². The van der Waals surface area contributed by atoms with Crippen LogP contribution in [-0.4, -0.2) is 23.3 Å². The summed E-state index contributed by atoms with van der Waals surface area (Å²) in [6.45, 7) is 3.48. The number of H-pyrrole nitrogens is 1. The molecule has 7 heteroatoms. The van der Waals surface area contributed by atoms with Crippen molar-refractivity contribution in [3.8, 4) is 0 Å². The SMILES string of the molecule is Cc1cc(CNC[C@H]2CCO[C@@H]2c2cn[nH]c2)ccc1C(F)(F)F. The van der Waals surface area contributed by atoms with Gasteiger partial charge in [0.15, 0.2) is 0 Å². The highest BCUT2D eigenvalue weighted by atomic mass is 19.4. The van der Waals surface area contributed by atoms with Gasteiger partial charge < -0.3 is 10.1 Å². The van der Waals surface area contributed by atoms with Gasteiger partial charge in [0.1, 0.15) is 0 Å². The maximum Gasteiger partial charge on any atom is 0.416 e. The molecular formula is C17H20F3N3O. The molecule has 3 rings (SSSR count). The normalized spacial score (nSPS) is 21.3. The summed E-state index contributed by atoms with van der Waals surface area (Å²) in [5.74, 6) is 0.332. The molecule has 0 radical (unpaired) electrons. The first kappa shape index (κ1) is 17.0. The van der Waals surface area contributed by atoms with Crippen molar-refractivity contribution in [1.29, 1.82) is 0 Å². The summed E-state index contributed by atoms with van der Waals surface area (Å²) in [7, 11) is 0.